The van der Waals surface area contributed by atoms with E-state index in [2.05, 4.69) is 0 Å². The maximum Gasteiger partial charge on any atom is 0.223 e. The van der Waals surface area contributed by atoms with Gasteiger partial charge in [0.2, 0.25) is 3.79 Å². The van der Waals surface area contributed by atoms with Gasteiger partial charge in [0.1, 0.15) is 11.9 Å². The highest BCUT2D eigenvalue weighted by molar-refractivity contribution is 14.1. The van der Waals surface area contributed by atoms with Crippen molar-refractivity contribution in [3.05, 3.63) is 0 Å². The molecule has 0 heterocycles. The lowest BCUT2D eigenvalue weighted by Gasteiger charge is -2.19. The number of carbonyl (C=O) groups is 2. The van der Waals surface area contributed by atoms with E-state index in [-0.39, 0.29) is 3.79 Å². The molecule has 0 aliphatic carbocycles. The van der Waals surface area contributed by atoms with E-state index in [4.69, 9.17) is 4.74 Å². The molecule has 0 bridgehead atoms. The van der Waals surface area contributed by atoms with Crippen LogP contribution in [0.1, 0.15) is 20.3 Å². The molecule has 0 aromatic heterocycles. The van der Waals surface area contributed by atoms with Crippen molar-refractivity contribution in [2.24, 2.45) is 0 Å². The summed E-state index contributed by atoms with van der Waals surface area (Å²) in [6, 6.07) is 0. The third-order valence-corrected chi connectivity index (χ3v) is 2.47. The molecule has 0 atom stereocenters. The molecule has 0 aromatic rings. The van der Waals surface area contributed by atoms with Gasteiger partial charge in [0.15, 0.2) is 0 Å². The molecule has 0 fully saturated rings. The van der Waals surface area contributed by atoms with Gasteiger partial charge in [0.05, 0.1) is 6.61 Å². The highest BCUT2D eigenvalue weighted by atomic mass is 127. The molecule has 0 radical (unpaired) electrons. The maximum atomic E-state index is 10.8. The van der Waals surface area contributed by atoms with E-state index in [1.165, 1.54) is 0 Å². The Labute approximate surface area is 79.6 Å². The lowest BCUT2D eigenvalue weighted by molar-refractivity contribution is -0.130. The zero-order valence-corrected chi connectivity index (χ0v) is 8.75. The smallest absolute Gasteiger partial charge is 0.223 e. The molecule has 0 spiro atoms. The van der Waals surface area contributed by atoms with Crippen LogP contribution < -0.4 is 0 Å². The molecule has 11 heavy (non-hydrogen) atoms. The molecule has 0 amide bonds. The Morgan fingerprint density at radius 3 is 2.55 bits per heavy atom. The number of hydrogen-bond donors (Lipinski definition) is 0. The summed E-state index contributed by atoms with van der Waals surface area (Å²) in [5.74, 6) is 0. The van der Waals surface area contributed by atoms with Gasteiger partial charge < -0.3 is 9.53 Å². The first-order valence-electron chi connectivity index (χ1n) is 3.28. The Bertz CT molecular complexity index is 154. The molecule has 0 aliphatic heterocycles. The fourth-order valence-corrected chi connectivity index (χ4v) is 0.575. The SMILES string of the molecule is CC(C)(OCCC=O)C(=O)I. The summed E-state index contributed by atoms with van der Waals surface area (Å²) in [6.07, 6.45) is 1.11. The van der Waals surface area contributed by atoms with E-state index >= 15 is 0 Å². The van der Waals surface area contributed by atoms with Crippen molar-refractivity contribution in [1.29, 1.82) is 0 Å². The fraction of sp³-hybridized carbons (Fsp3) is 0.714. The molecular formula is C7H11IO3. The van der Waals surface area contributed by atoms with Gasteiger partial charge >= 0.3 is 0 Å². The first kappa shape index (κ1) is 11.0. The Morgan fingerprint density at radius 2 is 2.18 bits per heavy atom. The molecule has 0 aliphatic rings. The van der Waals surface area contributed by atoms with E-state index in [0.29, 0.717) is 13.0 Å². The lowest BCUT2D eigenvalue weighted by Crippen LogP contribution is -2.31. The Kier molecular flexibility index (Phi) is 4.83. The van der Waals surface area contributed by atoms with Crippen LogP contribution in [-0.4, -0.2) is 22.3 Å². The van der Waals surface area contributed by atoms with Crippen LogP contribution in [0.15, 0.2) is 0 Å². The van der Waals surface area contributed by atoms with Gasteiger partial charge in [0.25, 0.3) is 0 Å². The maximum absolute atomic E-state index is 10.8. The summed E-state index contributed by atoms with van der Waals surface area (Å²) in [7, 11) is 0. The monoisotopic (exact) mass is 270 g/mol. The number of aldehydes is 1. The zero-order valence-electron chi connectivity index (χ0n) is 6.59. The summed E-state index contributed by atoms with van der Waals surface area (Å²) in [6.45, 7) is 3.68. The minimum Gasteiger partial charge on any atom is -0.366 e. The minimum absolute atomic E-state index is 0.0546. The summed E-state index contributed by atoms with van der Waals surface area (Å²) in [4.78, 5) is 20.7. The minimum atomic E-state index is -0.760. The van der Waals surface area contributed by atoms with E-state index < -0.39 is 5.60 Å². The van der Waals surface area contributed by atoms with Crippen molar-refractivity contribution >= 4 is 32.7 Å². The third-order valence-electron chi connectivity index (χ3n) is 1.17. The van der Waals surface area contributed by atoms with Crippen LogP contribution in [0.25, 0.3) is 0 Å². The second-order valence-electron chi connectivity index (χ2n) is 2.59. The largest absolute Gasteiger partial charge is 0.366 e. The fourth-order valence-electron chi connectivity index (χ4n) is 0.419. The molecule has 3 nitrogen and oxygen atoms in total. The van der Waals surface area contributed by atoms with E-state index in [9.17, 15) is 9.59 Å². The number of carbonyl (C=O) groups excluding carboxylic acids is 2. The van der Waals surface area contributed by atoms with Crippen LogP contribution in [0, 0.1) is 0 Å². The molecule has 64 valence electrons. The molecule has 0 N–H and O–H groups in total. The van der Waals surface area contributed by atoms with Crippen molar-refractivity contribution in [2.75, 3.05) is 6.61 Å². The molecule has 0 saturated heterocycles. The van der Waals surface area contributed by atoms with Gasteiger partial charge in [0, 0.05) is 29.0 Å². The summed E-state index contributed by atoms with van der Waals surface area (Å²) < 4.78 is 5.09. The van der Waals surface area contributed by atoms with Gasteiger partial charge in [-0.2, -0.15) is 0 Å². The van der Waals surface area contributed by atoms with Crippen LogP contribution in [-0.2, 0) is 14.3 Å². The highest BCUT2D eigenvalue weighted by Gasteiger charge is 2.25. The quantitative estimate of drug-likeness (QED) is 0.327. The second-order valence-corrected chi connectivity index (χ2v) is 3.57. The normalized spacial score (nSPS) is 11.2. The zero-order chi connectivity index (χ0) is 8.91. The van der Waals surface area contributed by atoms with E-state index in [1.54, 1.807) is 36.4 Å². The Morgan fingerprint density at radius 1 is 1.64 bits per heavy atom. The van der Waals surface area contributed by atoms with Crippen molar-refractivity contribution in [3.8, 4) is 0 Å². The van der Waals surface area contributed by atoms with E-state index in [1.807, 2.05) is 0 Å². The standard InChI is InChI=1S/C7H11IO3/c1-7(2,6(8)10)11-5-3-4-9/h4H,3,5H2,1-2H3. The predicted octanol–water partition coefficient (Wildman–Crippen LogP) is 1.33. The lowest BCUT2D eigenvalue weighted by atomic mass is 10.2. The number of halogens is 1. The van der Waals surface area contributed by atoms with Gasteiger partial charge in [-0.3, -0.25) is 4.79 Å². The van der Waals surface area contributed by atoms with Crippen molar-refractivity contribution in [3.63, 3.8) is 0 Å². The number of rotatable bonds is 5. The van der Waals surface area contributed by atoms with Crippen LogP contribution >= 0.6 is 22.6 Å². The molecular weight excluding hydrogens is 259 g/mol. The van der Waals surface area contributed by atoms with Crippen LogP contribution in [0.4, 0.5) is 0 Å². The Balaban J connectivity index is 3.72. The van der Waals surface area contributed by atoms with Crippen molar-refractivity contribution < 1.29 is 14.3 Å². The molecule has 4 heteroatoms. The first-order valence-corrected chi connectivity index (χ1v) is 4.36. The number of ether oxygens (including phenoxy) is 1. The van der Waals surface area contributed by atoms with Crippen LogP contribution in [0.2, 0.25) is 0 Å². The number of hydrogen-bond acceptors (Lipinski definition) is 3. The van der Waals surface area contributed by atoms with Gasteiger partial charge in [-0.15, -0.1) is 0 Å². The predicted molar refractivity (Wildman–Crippen MR) is 49.7 cm³/mol. The average Bonchev–Trinajstić information content (AvgIpc) is 1.88. The van der Waals surface area contributed by atoms with Crippen LogP contribution in [0.5, 0.6) is 0 Å². The summed E-state index contributed by atoms with van der Waals surface area (Å²) >= 11 is 1.68. The average molecular weight is 270 g/mol. The topological polar surface area (TPSA) is 43.4 Å². The molecule has 0 aromatic carbocycles. The molecule has 0 saturated carbocycles. The van der Waals surface area contributed by atoms with Gasteiger partial charge in [-0.1, -0.05) is 0 Å². The second kappa shape index (κ2) is 4.82. The van der Waals surface area contributed by atoms with Gasteiger partial charge in [-0.25, -0.2) is 0 Å². The van der Waals surface area contributed by atoms with Crippen LogP contribution in [0.3, 0.4) is 0 Å². The van der Waals surface area contributed by atoms with Gasteiger partial charge in [-0.05, 0) is 13.8 Å². The Hall–Kier alpha value is 0.0300. The van der Waals surface area contributed by atoms with E-state index in [0.717, 1.165) is 6.29 Å². The summed E-state index contributed by atoms with van der Waals surface area (Å²) in [5.41, 5.74) is -0.760. The third kappa shape index (κ3) is 4.47. The van der Waals surface area contributed by atoms with Crippen molar-refractivity contribution in [1.82, 2.24) is 0 Å². The molecule has 0 unspecified atom stereocenters. The molecule has 0 rings (SSSR count). The summed E-state index contributed by atoms with van der Waals surface area (Å²) in [5, 5.41) is 0. The highest BCUT2D eigenvalue weighted by Crippen LogP contribution is 2.14. The van der Waals surface area contributed by atoms with Crippen molar-refractivity contribution in [2.45, 2.75) is 25.9 Å². The first-order chi connectivity index (χ1) is 5.00.